The predicted octanol–water partition coefficient (Wildman–Crippen LogP) is 3.36. The molecule has 0 bridgehead atoms. The van der Waals surface area contributed by atoms with Gasteiger partial charge in [-0.2, -0.15) is 5.26 Å². The number of nitrogen functional groups attached to an aromatic ring is 1. The molecule has 3 nitrogen and oxygen atoms in total. The number of halogens is 1. The molecule has 2 aromatic rings. The van der Waals surface area contributed by atoms with E-state index >= 15 is 0 Å². The number of nitrogens with zero attached hydrogens (tertiary/aromatic N) is 2. The summed E-state index contributed by atoms with van der Waals surface area (Å²) in [6.07, 6.45) is 1.01. The molecule has 0 aliphatic carbocycles. The third kappa shape index (κ3) is 2.19. The summed E-state index contributed by atoms with van der Waals surface area (Å²) >= 11 is 6.24. The predicted molar refractivity (Wildman–Crippen MR) is 81.8 cm³/mol. The third-order valence-electron chi connectivity index (χ3n) is 3.66. The smallest absolute Gasteiger partial charge is 0.0992 e. The van der Waals surface area contributed by atoms with Crippen molar-refractivity contribution < 1.29 is 0 Å². The Balaban J connectivity index is 1.90. The Morgan fingerprint density at radius 2 is 2.15 bits per heavy atom. The monoisotopic (exact) mass is 283 g/mol. The van der Waals surface area contributed by atoms with Crippen LogP contribution in [-0.4, -0.2) is 6.54 Å². The molecule has 0 radical (unpaired) electrons. The van der Waals surface area contributed by atoms with E-state index in [0.29, 0.717) is 17.1 Å². The van der Waals surface area contributed by atoms with Gasteiger partial charge in [0, 0.05) is 18.1 Å². The third-order valence-corrected chi connectivity index (χ3v) is 4.01. The molecule has 0 saturated carbocycles. The van der Waals surface area contributed by atoms with Crippen LogP contribution in [-0.2, 0) is 13.0 Å². The van der Waals surface area contributed by atoms with E-state index in [1.807, 2.05) is 18.2 Å². The van der Waals surface area contributed by atoms with Crippen LogP contribution in [0.15, 0.2) is 36.4 Å². The van der Waals surface area contributed by atoms with Crippen LogP contribution < -0.4 is 10.6 Å². The molecule has 0 fully saturated rings. The Morgan fingerprint density at radius 3 is 2.90 bits per heavy atom. The van der Waals surface area contributed by atoms with Crippen LogP contribution in [0.5, 0.6) is 0 Å². The molecule has 0 aromatic heterocycles. The van der Waals surface area contributed by atoms with Crippen LogP contribution in [0, 0.1) is 11.3 Å². The van der Waals surface area contributed by atoms with E-state index in [9.17, 15) is 0 Å². The van der Waals surface area contributed by atoms with Crippen molar-refractivity contribution in [3.63, 3.8) is 0 Å². The van der Waals surface area contributed by atoms with Gasteiger partial charge < -0.3 is 10.6 Å². The quantitative estimate of drug-likeness (QED) is 0.860. The summed E-state index contributed by atoms with van der Waals surface area (Å²) in [7, 11) is 0. The highest BCUT2D eigenvalue weighted by molar-refractivity contribution is 6.31. The van der Waals surface area contributed by atoms with E-state index in [0.717, 1.165) is 29.9 Å². The summed E-state index contributed by atoms with van der Waals surface area (Å²) in [6, 6.07) is 13.6. The summed E-state index contributed by atoms with van der Waals surface area (Å²) in [5.74, 6) is 0. The number of hydrogen-bond donors (Lipinski definition) is 1. The minimum absolute atomic E-state index is 0.583. The summed E-state index contributed by atoms with van der Waals surface area (Å²) in [6.45, 7) is 1.66. The van der Waals surface area contributed by atoms with Crippen LogP contribution >= 0.6 is 11.6 Å². The first-order valence-electron chi connectivity index (χ1n) is 6.50. The standard InChI is InChI=1S/C16H14ClN3/c17-14-8-11(9-18)4-5-13(14)10-20-7-6-12-2-1-3-15(19)16(12)20/h1-5,8H,6-7,10,19H2. The van der Waals surface area contributed by atoms with Gasteiger partial charge in [-0.05, 0) is 35.7 Å². The summed E-state index contributed by atoms with van der Waals surface area (Å²) in [4.78, 5) is 2.25. The summed E-state index contributed by atoms with van der Waals surface area (Å²) < 4.78 is 0. The van der Waals surface area contributed by atoms with Crippen LogP contribution in [0.2, 0.25) is 5.02 Å². The Labute approximate surface area is 123 Å². The molecule has 0 saturated heterocycles. The average molecular weight is 284 g/mol. The number of nitriles is 1. The second-order valence-corrected chi connectivity index (χ2v) is 5.35. The largest absolute Gasteiger partial charge is 0.397 e. The van der Waals surface area contributed by atoms with Crippen LogP contribution in [0.1, 0.15) is 16.7 Å². The molecule has 1 heterocycles. The Morgan fingerprint density at radius 1 is 1.30 bits per heavy atom. The maximum Gasteiger partial charge on any atom is 0.0992 e. The molecular formula is C16H14ClN3. The van der Waals surface area contributed by atoms with Crippen molar-refractivity contribution in [3.05, 3.63) is 58.1 Å². The lowest BCUT2D eigenvalue weighted by atomic mass is 10.1. The van der Waals surface area contributed by atoms with Gasteiger partial charge in [0.25, 0.3) is 0 Å². The molecule has 4 heteroatoms. The fourth-order valence-corrected chi connectivity index (χ4v) is 2.91. The molecule has 0 unspecified atom stereocenters. The zero-order valence-electron chi connectivity index (χ0n) is 10.9. The number of hydrogen-bond acceptors (Lipinski definition) is 3. The van der Waals surface area contributed by atoms with E-state index in [2.05, 4.69) is 17.0 Å². The molecule has 0 amide bonds. The van der Waals surface area contributed by atoms with Gasteiger partial charge >= 0.3 is 0 Å². The van der Waals surface area contributed by atoms with E-state index in [1.54, 1.807) is 12.1 Å². The molecule has 100 valence electrons. The van der Waals surface area contributed by atoms with Crippen molar-refractivity contribution in [1.82, 2.24) is 0 Å². The van der Waals surface area contributed by atoms with Gasteiger partial charge in [0.1, 0.15) is 0 Å². The van der Waals surface area contributed by atoms with Gasteiger partial charge in [-0.25, -0.2) is 0 Å². The maximum atomic E-state index is 8.87. The van der Waals surface area contributed by atoms with E-state index in [4.69, 9.17) is 22.6 Å². The second kappa shape index (κ2) is 5.07. The lowest BCUT2D eigenvalue weighted by molar-refractivity contribution is 0.837. The molecule has 2 N–H and O–H groups in total. The van der Waals surface area contributed by atoms with Gasteiger partial charge in [-0.15, -0.1) is 0 Å². The van der Waals surface area contributed by atoms with Crippen molar-refractivity contribution in [1.29, 1.82) is 5.26 Å². The Hall–Kier alpha value is -2.18. The topological polar surface area (TPSA) is 53.0 Å². The van der Waals surface area contributed by atoms with Gasteiger partial charge in [0.15, 0.2) is 0 Å². The maximum absolute atomic E-state index is 8.87. The molecule has 3 rings (SSSR count). The van der Waals surface area contributed by atoms with Crippen LogP contribution in [0.3, 0.4) is 0 Å². The van der Waals surface area contributed by atoms with Gasteiger partial charge in [0.05, 0.1) is 23.0 Å². The van der Waals surface area contributed by atoms with Crippen molar-refractivity contribution in [2.45, 2.75) is 13.0 Å². The van der Waals surface area contributed by atoms with E-state index in [-0.39, 0.29) is 0 Å². The fraction of sp³-hybridized carbons (Fsp3) is 0.188. The number of para-hydroxylation sites is 1. The van der Waals surface area contributed by atoms with Crippen LogP contribution in [0.4, 0.5) is 11.4 Å². The number of anilines is 2. The first kappa shape index (κ1) is 12.8. The SMILES string of the molecule is N#Cc1ccc(CN2CCc3cccc(N)c32)c(Cl)c1. The summed E-state index contributed by atoms with van der Waals surface area (Å²) in [5.41, 5.74) is 10.9. The molecule has 0 spiro atoms. The highest BCUT2D eigenvalue weighted by atomic mass is 35.5. The number of rotatable bonds is 2. The number of fused-ring (bicyclic) bond motifs is 1. The second-order valence-electron chi connectivity index (χ2n) is 4.94. The number of nitrogens with two attached hydrogens (primary N) is 1. The minimum atomic E-state index is 0.583. The highest BCUT2D eigenvalue weighted by Gasteiger charge is 2.21. The molecule has 20 heavy (non-hydrogen) atoms. The van der Waals surface area contributed by atoms with Crippen molar-refractivity contribution in [2.75, 3.05) is 17.2 Å². The van der Waals surface area contributed by atoms with Crippen molar-refractivity contribution in [3.8, 4) is 6.07 Å². The molecular weight excluding hydrogens is 270 g/mol. The Bertz CT molecular complexity index is 703. The first-order chi connectivity index (χ1) is 9.69. The van der Waals surface area contributed by atoms with Gasteiger partial charge in [0.2, 0.25) is 0 Å². The minimum Gasteiger partial charge on any atom is -0.397 e. The normalized spacial score (nSPS) is 13.1. The lowest BCUT2D eigenvalue weighted by Gasteiger charge is -2.21. The van der Waals surface area contributed by atoms with Crippen molar-refractivity contribution >= 4 is 23.0 Å². The molecule has 0 atom stereocenters. The summed E-state index contributed by atoms with van der Waals surface area (Å²) in [5, 5.41) is 9.50. The average Bonchev–Trinajstić information content (AvgIpc) is 2.85. The Kier molecular flexibility index (Phi) is 3.25. The molecule has 2 aromatic carbocycles. The highest BCUT2D eigenvalue weighted by Crippen LogP contribution is 2.35. The number of benzene rings is 2. The zero-order valence-corrected chi connectivity index (χ0v) is 11.7. The van der Waals surface area contributed by atoms with E-state index in [1.165, 1.54) is 5.56 Å². The molecule has 1 aliphatic heterocycles. The molecule has 1 aliphatic rings. The first-order valence-corrected chi connectivity index (χ1v) is 6.87. The van der Waals surface area contributed by atoms with Crippen molar-refractivity contribution in [2.24, 2.45) is 0 Å². The van der Waals surface area contributed by atoms with E-state index < -0.39 is 0 Å². The fourth-order valence-electron chi connectivity index (χ4n) is 2.67. The van der Waals surface area contributed by atoms with Gasteiger partial charge in [-0.1, -0.05) is 29.8 Å². The van der Waals surface area contributed by atoms with Crippen LogP contribution in [0.25, 0.3) is 0 Å². The zero-order chi connectivity index (χ0) is 14.1. The lowest BCUT2D eigenvalue weighted by Crippen LogP contribution is -2.20. The van der Waals surface area contributed by atoms with Gasteiger partial charge in [-0.3, -0.25) is 0 Å².